The Kier molecular flexibility index (Phi) is 4.31. The predicted molar refractivity (Wildman–Crippen MR) is 95.0 cm³/mol. The number of hydrogen-bond donors (Lipinski definition) is 1. The molecule has 1 N–H and O–H groups in total. The van der Waals surface area contributed by atoms with Crippen LogP contribution < -0.4 is 9.47 Å². The average Bonchev–Trinajstić information content (AvgIpc) is 2.64. The van der Waals surface area contributed by atoms with Crippen molar-refractivity contribution in [2.75, 3.05) is 27.9 Å². The van der Waals surface area contributed by atoms with Crippen LogP contribution in [0.25, 0.3) is 0 Å². The normalized spacial score (nSPS) is 28.2. The molecule has 25 heavy (non-hydrogen) atoms. The van der Waals surface area contributed by atoms with E-state index in [4.69, 9.17) is 14.2 Å². The Bertz CT molecular complexity index is 739. The van der Waals surface area contributed by atoms with Gasteiger partial charge in [0.15, 0.2) is 11.5 Å². The summed E-state index contributed by atoms with van der Waals surface area (Å²) in [4.78, 5) is 2.50. The summed E-state index contributed by atoms with van der Waals surface area (Å²) in [5.41, 5.74) is 5.11. The summed E-state index contributed by atoms with van der Waals surface area (Å²) in [5, 5.41) is 10.2. The smallest absolute Gasteiger partial charge is 0.165 e. The third-order valence-corrected chi connectivity index (χ3v) is 5.68. The largest absolute Gasteiger partial charge is 0.493 e. The number of benzene rings is 1. The maximum absolute atomic E-state index is 10.2. The molecule has 2 unspecified atom stereocenters. The molecule has 0 saturated carbocycles. The van der Waals surface area contributed by atoms with E-state index in [-0.39, 0.29) is 6.10 Å². The van der Waals surface area contributed by atoms with E-state index in [0.717, 1.165) is 37.4 Å². The SMILES string of the molecule is COc1ccc2c(c1OC)CN1CCC3=CC(O)C(OC)C=C3[C@H]1C2. The van der Waals surface area contributed by atoms with Gasteiger partial charge in [-0.2, -0.15) is 0 Å². The van der Waals surface area contributed by atoms with Crippen LogP contribution in [0.15, 0.2) is 35.4 Å². The van der Waals surface area contributed by atoms with E-state index in [1.54, 1.807) is 21.3 Å². The molecule has 4 rings (SSSR count). The topological polar surface area (TPSA) is 51.2 Å². The molecule has 0 radical (unpaired) electrons. The molecular formula is C20H25NO4. The van der Waals surface area contributed by atoms with Gasteiger partial charge in [0.25, 0.3) is 0 Å². The zero-order chi connectivity index (χ0) is 17.6. The van der Waals surface area contributed by atoms with Crippen molar-refractivity contribution in [2.24, 2.45) is 0 Å². The molecule has 134 valence electrons. The van der Waals surface area contributed by atoms with Gasteiger partial charge in [0.2, 0.25) is 0 Å². The van der Waals surface area contributed by atoms with Gasteiger partial charge in [-0.1, -0.05) is 6.07 Å². The van der Waals surface area contributed by atoms with Gasteiger partial charge in [0, 0.05) is 31.8 Å². The minimum atomic E-state index is -0.546. The van der Waals surface area contributed by atoms with Gasteiger partial charge in [0.1, 0.15) is 12.2 Å². The van der Waals surface area contributed by atoms with Crippen molar-refractivity contribution >= 4 is 0 Å². The number of aliphatic hydroxyl groups is 1. The van der Waals surface area contributed by atoms with Crippen LogP contribution in [0.3, 0.4) is 0 Å². The Morgan fingerprint density at radius 1 is 1.12 bits per heavy atom. The van der Waals surface area contributed by atoms with Crippen LogP contribution in [0.5, 0.6) is 11.5 Å². The first-order valence-electron chi connectivity index (χ1n) is 8.76. The molecule has 3 aliphatic rings. The highest BCUT2D eigenvalue weighted by Crippen LogP contribution is 2.43. The van der Waals surface area contributed by atoms with E-state index in [2.05, 4.69) is 17.0 Å². The quantitative estimate of drug-likeness (QED) is 0.911. The summed E-state index contributed by atoms with van der Waals surface area (Å²) in [6.07, 6.45) is 5.18. The molecule has 1 fully saturated rings. The van der Waals surface area contributed by atoms with E-state index >= 15 is 0 Å². The van der Waals surface area contributed by atoms with E-state index in [1.165, 1.54) is 22.3 Å². The molecule has 1 aromatic carbocycles. The number of fused-ring (bicyclic) bond motifs is 4. The summed E-state index contributed by atoms with van der Waals surface area (Å²) in [6, 6.07) is 4.47. The Morgan fingerprint density at radius 2 is 1.96 bits per heavy atom. The fourth-order valence-corrected chi connectivity index (χ4v) is 4.39. The number of ether oxygens (including phenoxy) is 3. The van der Waals surface area contributed by atoms with Crippen molar-refractivity contribution in [3.8, 4) is 11.5 Å². The van der Waals surface area contributed by atoms with Gasteiger partial charge in [-0.3, -0.25) is 4.90 Å². The fraction of sp³-hybridized carbons (Fsp3) is 0.500. The number of piperidine rings is 1. The number of aliphatic hydroxyl groups excluding tert-OH is 1. The van der Waals surface area contributed by atoms with Crippen molar-refractivity contribution in [2.45, 2.75) is 37.6 Å². The number of rotatable bonds is 3. The molecule has 5 nitrogen and oxygen atoms in total. The highest BCUT2D eigenvalue weighted by molar-refractivity contribution is 5.54. The lowest BCUT2D eigenvalue weighted by Crippen LogP contribution is -2.47. The highest BCUT2D eigenvalue weighted by Gasteiger charge is 2.38. The van der Waals surface area contributed by atoms with Crippen molar-refractivity contribution in [3.63, 3.8) is 0 Å². The fourth-order valence-electron chi connectivity index (χ4n) is 4.39. The molecular weight excluding hydrogens is 318 g/mol. The minimum absolute atomic E-state index is 0.259. The Hall–Kier alpha value is -1.82. The van der Waals surface area contributed by atoms with Crippen molar-refractivity contribution < 1.29 is 19.3 Å². The van der Waals surface area contributed by atoms with E-state index in [9.17, 15) is 5.11 Å². The Balaban J connectivity index is 1.71. The zero-order valence-electron chi connectivity index (χ0n) is 15.0. The van der Waals surface area contributed by atoms with Gasteiger partial charge >= 0.3 is 0 Å². The third-order valence-electron chi connectivity index (χ3n) is 5.68. The lowest BCUT2D eigenvalue weighted by Gasteiger charge is -2.45. The Labute approximate surface area is 148 Å². The maximum atomic E-state index is 10.2. The molecule has 0 amide bonds. The molecule has 3 atom stereocenters. The van der Waals surface area contributed by atoms with E-state index in [1.807, 2.05) is 12.1 Å². The van der Waals surface area contributed by atoms with Crippen molar-refractivity contribution in [3.05, 3.63) is 46.6 Å². The third kappa shape index (κ3) is 2.67. The molecule has 0 aromatic heterocycles. The second kappa shape index (κ2) is 6.48. The molecule has 1 aromatic rings. The van der Waals surface area contributed by atoms with Gasteiger partial charge in [-0.15, -0.1) is 0 Å². The molecule has 1 saturated heterocycles. The number of hydrogen-bond acceptors (Lipinski definition) is 5. The zero-order valence-corrected chi connectivity index (χ0v) is 15.0. The number of nitrogens with zero attached hydrogens (tertiary/aromatic N) is 1. The summed E-state index contributed by atoms with van der Waals surface area (Å²) in [5.74, 6) is 1.64. The van der Waals surface area contributed by atoms with Crippen LogP contribution >= 0.6 is 0 Å². The van der Waals surface area contributed by atoms with Gasteiger partial charge < -0.3 is 19.3 Å². The standard InChI is InChI=1S/C20H25NO4/c1-23-18-5-4-12-8-16-14-10-19(24-2)17(22)9-13(14)6-7-21(16)11-15(12)20(18)25-3/h4-5,9-10,16-17,19,22H,6-8,11H2,1-3H3/t16-,17?,19?/m1/s1. The molecule has 0 spiro atoms. The first-order chi connectivity index (χ1) is 12.2. The monoisotopic (exact) mass is 343 g/mol. The molecule has 1 aliphatic carbocycles. The van der Waals surface area contributed by atoms with Crippen molar-refractivity contribution in [1.29, 1.82) is 0 Å². The first kappa shape index (κ1) is 16.6. The lowest BCUT2D eigenvalue weighted by atomic mass is 9.79. The van der Waals surface area contributed by atoms with Crippen molar-refractivity contribution in [1.82, 2.24) is 4.90 Å². The first-order valence-corrected chi connectivity index (χ1v) is 8.76. The predicted octanol–water partition coefficient (Wildman–Crippen LogP) is 2.08. The van der Waals surface area contributed by atoms with E-state index in [0.29, 0.717) is 6.04 Å². The molecule has 5 heteroatoms. The highest BCUT2D eigenvalue weighted by atomic mass is 16.5. The summed E-state index contributed by atoms with van der Waals surface area (Å²) in [6.45, 7) is 1.84. The van der Waals surface area contributed by atoms with Gasteiger partial charge in [-0.05, 0) is 47.8 Å². The summed E-state index contributed by atoms with van der Waals surface area (Å²) in [7, 11) is 5.03. The minimum Gasteiger partial charge on any atom is -0.493 e. The van der Waals surface area contributed by atoms with E-state index < -0.39 is 6.10 Å². The van der Waals surface area contributed by atoms with Crippen LogP contribution in [0.4, 0.5) is 0 Å². The number of methoxy groups -OCH3 is 3. The summed E-state index contributed by atoms with van der Waals surface area (Å²) >= 11 is 0. The van der Waals surface area contributed by atoms with Gasteiger partial charge in [0.05, 0.1) is 14.2 Å². The lowest BCUT2D eigenvalue weighted by molar-refractivity contribution is 0.0379. The molecule has 0 bridgehead atoms. The van der Waals surface area contributed by atoms with Crippen LogP contribution in [0.1, 0.15) is 17.5 Å². The van der Waals surface area contributed by atoms with Crippen LogP contribution in [0, 0.1) is 0 Å². The van der Waals surface area contributed by atoms with Gasteiger partial charge in [-0.25, -0.2) is 0 Å². The second-order valence-electron chi connectivity index (χ2n) is 6.88. The Morgan fingerprint density at radius 3 is 2.68 bits per heavy atom. The van der Waals surface area contributed by atoms with Crippen LogP contribution in [-0.2, 0) is 17.7 Å². The maximum Gasteiger partial charge on any atom is 0.165 e. The van der Waals surface area contributed by atoms with Crippen LogP contribution in [0.2, 0.25) is 0 Å². The second-order valence-corrected chi connectivity index (χ2v) is 6.88. The average molecular weight is 343 g/mol. The van der Waals surface area contributed by atoms with Crippen LogP contribution in [-0.4, -0.2) is 56.1 Å². The molecule has 2 heterocycles. The molecule has 2 aliphatic heterocycles. The summed E-state index contributed by atoms with van der Waals surface area (Å²) < 4.78 is 16.5.